The number of hydrogen-bond acceptors (Lipinski definition) is 4. The zero-order valence-corrected chi connectivity index (χ0v) is 16.3. The molecule has 1 N–H and O–H groups in total. The highest BCUT2D eigenvalue weighted by Gasteiger charge is 2.36. The molecule has 0 aromatic heterocycles. The predicted octanol–water partition coefficient (Wildman–Crippen LogP) is 2.10. The standard InChI is InChI=1S/C23H24N4O2/c24-15-18-6-8-20(9-7-18)27-13-11-21(23(27)29)25-19-10-12-26(16-19)22(28)14-17-4-2-1-3-5-17/h1-9,19,21,25H,10-14,16H2. The maximum Gasteiger partial charge on any atom is 0.244 e. The fourth-order valence-electron chi connectivity index (χ4n) is 4.10. The first-order valence-corrected chi connectivity index (χ1v) is 10.0. The van der Waals surface area contributed by atoms with Gasteiger partial charge < -0.3 is 15.1 Å². The molecule has 2 aliphatic rings. The molecule has 2 aromatic rings. The molecule has 0 spiro atoms. The highest BCUT2D eigenvalue weighted by Crippen LogP contribution is 2.23. The zero-order chi connectivity index (χ0) is 20.2. The van der Waals surface area contributed by atoms with E-state index in [1.807, 2.05) is 47.4 Å². The minimum absolute atomic E-state index is 0.0590. The lowest BCUT2D eigenvalue weighted by Crippen LogP contribution is -2.45. The van der Waals surface area contributed by atoms with Crippen molar-refractivity contribution in [3.05, 3.63) is 65.7 Å². The van der Waals surface area contributed by atoms with Crippen LogP contribution >= 0.6 is 0 Å². The van der Waals surface area contributed by atoms with Crippen molar-refractivity contribution in [2.45, 2.75) is 31.3 Å². The monoisotopic (exact) mass is 388 g/mol. The molecule has 29 heavy (non-hydrogen) atoms. The van der Waals surface area contributed by atoms with Gasteiger partial charge in [-0.2, -0.15) is 5.26 Å². The lowest BCUT2D eigenvalue weighted by molar-refractivity contribution is -0.129. The molecule has 6 nitrogen and oxygen atoms in total. The van der Waals surface area contributed by atoms with Crippen molar-refractivity contribution in [2.75, 3.05) is 24.5 Å². The molecule has 2 aromatic carbocycles. The first-order chi connectivity index (χ1) is 14.1. The van der Waals surface area contributed by atoms with E-state index in [-0.39, 0.29) is 23.9 Å². The second-order valence-electron chi connectivity index (χ2n) is 7.64. The predicted molar refractivity (Wildman–Crippen MR) is 110 cm³/mol. The third-order valence-corrected chi connectivity index (χ3v) is 5.69. The van der Waals surface area contributed by atoms with E-state index >= 15 is 0 Å². The third kappa shape index (κ3) is 4.30. The fourth-order valence-corrected chi connectivity index (χ4v) is 4.10. The van der Waals surface area contributed by atoms with Crippen LogP contribution in [0.15, 0.2) is 54.6 Å². The number of hydrogen-bond donors (Lipinski definition) is 1. The molecule has 2 amide bonds. The van der Waals surface area contributed by atoms with Crippen molar-refractivity contribution in [3.8, 4) is 6.07 Å². The van der Waals surface area contributed by atoms with Crippen LogP contribution < -0.4 is 10.2 Å². The Morgan fingerprint density at radius 3 is 2.55 bits per heavy atom. The summed E-state index contributed by atoms with van der Waals surface area (Å²) in [7, 11) is 0. The van der Waals surface area contributed by atoms with E-state index in [0.29, 0.717) is 25.1 Å². The molecule has 0 bridgehead atoms. The SMILES string of the molecule is N#Cc1ccc(N2CCC(NC3CCN(C(=O)Cc4ccccc4)C3)C2=O)cc1. The average Bonchev–Trinajstić information content (AvgIpc) is 3.36. The van der Waals surface area contributed by atoms with Gasteiger partial charge in [-0.05, 0) is 42.7 Å². The fraction of sp³-hybridized carbons (Fsp3) is 0.348. The van der Waals surface area contributed by atoms with Crippen molar-refractivity contribution in [1.82, 2.24) is 10.2 Å². The van der Waals surface area contributed by atoms with Gasteiger partial charge in [-0.15, -0.1) is 0 Å². The van der Waals surface area contributed by atoms with Gasteiger partial charge in [-0.25, -0.2) is 0 Å². The number of rotatable bonds is 5. The van der Waals surface area contributed by atoms with E-state index in [0.717, 1.165) is 30.6 Å². The quantitative estimate of drug-likeness (QED) is 0.851. The normalized spacial score (nSPS) is 21.4. The Balaban J connectivity index is 1.30. The molecule has 6 heteroatoms. The first kappa shape index (κ1) is 19.2. The molecule has 2 atom stereocenters. The summed E-state index contributed by atoms with van der Waals surface area (Å²) in [6.45, 7) is 2.03. The summed E-state index contributed by atoms with van der Waals surface area (Å²) < 4.78 is 0. The van der Waals surface area contributed by atoms with Gasteiger partial charge >= 0.3 is 0 Å². The van der Waals surface area contributed by atoms with Crippen molar-refractivity contribution >= 4 is 17.5 Å². The number of nitrogens with zero attached hydrogens (tertiary/aromatic N) is 3. The number of likely N-dealkylation sites (tertiary alicyclic amines) is 1. The lowest BCUT2D eigenvalue weighted by Gasteiger charge is -2.21. The zero-order valence-electron chi connectivity index (χ0n) is 16.3. The Hall–Kier alpha value is -3.17. The molecule has 0 aliphatic carbocycles. The van der Waals surface area contributed by atoms with E-state index in [1.54, 1.807) is 17.0 Å². The summed E-state index contributed by atoms with van der Waals surface area (Å²) >= 11 is 0. The Morgan fingerprint density at radius 1 is 1.07 bits per heavy atom. The van der Waals surface area contributed by atoms with Gasteiger partial charge in [0.1, 0.15) is 0 Å². The second-order valence-corrected chi connectivity index (χ2v) is 7.64. The largest absolute Gasteiger partial charge is 0.341 e. The van der Waals surface area contributed by atoms with Crippen LogP contribution in [0.4, 0.5) is 5.69 Å². The molecule has 2 aliphatic heterocycles. The Morgan fingerprint density at radius 2 is 1.83 bits per heavy atom. The van der Waals surface area contributed by atoms with Crippen LogP contribution in [0.1, 0.15) is 24.0 Å². The van der Waals surface area contributed by atoms with Crippen LogP contribution in [-0.2, 0) is 16.0 Å². The lowest BCUT2D eigenvalue weighted by atomic mass is 10.1. The Kier molecular flexibility index (Phi) is 5.59. The molecule has 148 valence electrons. The molecular weight excluding hydrogens is 364 g/mol. The van der Waals surface area contributed by atoms with Crippen molar-refractivity contribution in [3.63, 3.8) is 0 Å². The van der Waals surface area contributed by atoms with Crippen LogP contribution in [0.25, 0.3) is 0 Å². The Labute approximate surface area is 170 Å². The van der Waals surface area contributed by atoms with Crippen LogP contribution in [0.5, 0.6) is 0 Å². The van der Waals surface area contributed by atoms with Gasteiger partial charge in [-0.3, -0.25) is 9.59 Å². The minimum Gasteiger partial charge on any atom is -0.341 e. The molecule has 4 rings (SSSR count). The van der Waals surface area contributed by atoms with Crippen molar-refractivity contribution < 1.29 is 9.59 Å². The van der Waals surface area contributed by atoms with Crippen LogP contribution in [-0.4, -0.2) is 48.4 Å². The van der Waals surface area contributed by atoms with Gasteiger partial charge in [0.2, 0.25) is 11.8 Å². The van der Waals surface area contributed by atoms with Gasteiger partial charge in [0, 0.05) is 31.4 Å². The van der Waals surface area contributed by atoms with E-state index in [4.69, 9.17) is 5.26 Å². The summed E-state index contributed by atoms with van der Waals surface area (Å²) in [6, 6.07) is 18.9. The number of carbonyl (C=O) groups is 2. The smallest absolute Gasteiger partial charge is 0.244 e. The maximum absolute atomic E-state index is 12.8. The molecule has 2 unspecified atom stereocenters. The number of anilines is 1. The maximum atomic E-state index is 12.8. The first-order valence-electron chi connectivity index (χ1n) is 10.0. The second kappa shape index (κ2) is 8.46. The van der Waals surface area contributed by atoms with Gasteiger partial charge in [0.15, 0.2) is 0 Å². The van der Waals surface area contributed by atoms with E-state index in [9.17, 15) is 9.59 Å². The summed E-state index contributed by atoms with van der Waals surface area (Å²) in [4.78, 5) is 29.0. The number of benzene rings is 2. The summed E-state index contributed by atoms with van der Waals surface area (Å²) in [5, 5.41) is 12.4. The molecule has 2 heterocycles. The van der Waals surface area contributed by atoms with Gasteiger partial charge in [0.05, 0.1) is 24.1 Å². The highest BCUT2D eigenvalue weighted by molar-refractivity contribution is 5.99. The molecule has 0 radical (unpaired) electrons. The third-order valence-electron chi connectivity index (χ3n) is 5.69. The van der Waals surface area contributed by atoms with E-state index in [1.165, 1.54) is 0 Å². The van der Waals surface area contributed by atoms with E-state index in [2.05, 4.69) is 11.4 Å². The summed E-state index contributed by atoms with van der Waals surface area (Å²) in [6.07, 6.45) is 2.02. The summed E-state index contributed by atoms with van der Waals surface area (Å²) in [5.74, 6) is 0.196. The number of carbonyl (C=O) groups excluding carboxylic acids is 2. The molecule has 0 saturated carbocycles. The number of nitriles is 1. The molecular formula is C23H24N4O2. The van der Waals surface area contributed by atoms with Crippen LogP contribution in [0, 0.1) is 11.3 Å². The Bertz CT molecular complexity index is 920. The average molecular weight is 388 g/mol. The molecule has 2 saturated heterocycles. The molecule has 2 fully saturated rings. The van der Waals surface area contributed by atoms with Crippen molar-refractivity contribution in [2.24, 2.45) is 0 Å². The number of nitrogens with one attached hydrogen (secondary N) is 1. The van der Waals surface area contributed by atoms with Gasteiger partial charge in [-0.1, -0.05) is 30.3 Å². The minimum atomic E-state index is -0.222. The highest BCUT2D eigenvalue weighted by atomic mass is 16.2. The van der Waals surface area contributed by atoms with E-state index < -0.39 is 0 Å². The topological polar surface area (TPSA) is 76.4 Å². The summed E-state index contributed by atoms with van der Waals surface area (Å²) in [5.41, 5.74) is 2.43. The van der Waals surface area contributed by atoms with Gasteiger partial charge in [0.25, 0.3) is 0 Å². The van der Waals surface area contributed by atoms with Crippen LogP contribution in [0.3, 0.4) is 0 Å². The van der Waals surface area contributed by atoms with Crippen molar-refractivity contribution in [1.29, 1.82) is 5.26 Å². The van der Waals surface area contributed by atoms with Crippen LogP contribution in [0.2, 0.25) is 0 Å². The number of amides is 2.